The summed E-state index contributed by atoms with van der Waals surface area (Å²) in [5.41, 5.74) is 5.36. The molecule has 3 heteroatoms. The Hall–Kier alpha value is -2.55. The fraction of sp³-hybridized carbons (Fsp3) is 0.118. The van der Waals surface area contributed by atoms with Gasteiger partial charge in [0.05, 0.1) is 11.0 Å². The van der Waals surface area contributed by atoms with E-state index in [9.17, 15) is 4.79 Å². The number of aldehydes is 1. The van der Waals surface area contributed by atoms with Gasteiger partial charge < -0.3 is 9.55 Å². The highest BCUT2D eigenvalue weighted by Crippen LogP contribution is 2.34. The molecule has 0 amide bonds. The van der Waals surface area contributed by atoms with Crippen molar-refractivity contribution in [2.24, 2.45) is 7.05 Å². The molecular formula is C17H14N2O. The first-order valence-corrected chi connectivity index (χ1v) is 6.64. The lowest BCUT2D eigenvalue weighted by Gasteiger charge is -2.00. The molecule has 4 aromatic rings. The molecule has 98 valence electrons. The first-order chi connectivity index (χ1) is 9.70. The first kappa shape index (κ1) is 11.3. The summed E-state index contributed by atoms with van der Waals surface area (Å²) in [5, 5.41) is 3.45. The van der Waals surface area contributed by atoms with Crippen LogP contribution < -0.4 is 0 Å². The highest BCUT2D eigenvalue weighted by molar-refractivity contribution is 6.18. The Morgan fingerprint density at radius 3 is 2.65 bits per heavy atom. The molecule has 0 saturated heterocycles. The SMILES string of the molecule is Cc1ccc2c3ccc4c(C=O)c[nH]c4c3n(C)c2c1. The summed E-state index contributed by atoms with van der Waals surface area (Å²) in [6.07, 6.45) is 2.68. The second kappa shape index (κ2) is 3.73. The highest BCUT2D eigenvalue weighted by Gasteiger charge is 2.13. The molecule has 0 unspecified atom stereocenters. The third kappa shape index (κ3) is 1.27. The normalized spacial score (nSPS) is 11.7. The molecule has 0 atom stereocenters. The molecule has 2 aromatic heterocycles. The number of nitrogens with zero attached hydrogens (tertiary/aromatic N) is 1. The van der Waals surface area contributed by atoms with Crippen LogP contribution >= 0.6 is 0 Å². The highest BCUT2D eigenvalue weighted by atomic mass is 16.1. The zero-order valence-electron chi connectivity index (χ0n) is 11.4. The maximum atomic E-state index is 11.1. The molecule has 0 aliphatic heterocycles. The second-order valence-electron chi connectivity index (χ2n) is 5.33. The van der Waals surface area contributed by atoms with Crippen LogP contribution in [-0.4, -0.2) is 15.8 Å². The Labute approximate surface area is 115 Å². The summed E-state index contributed by atoms with van der Waals surface area (Å²) < 4.78 is 2.20. The van der Waals surface area contributed by atoms with E-state index in [4.69, 9.17) is 0 Å². The predicted molar refractivity (Wildman–Crippen MR) is 82.4 cm³/mol. The van der Waals surface area contributed by atoms with Gasteiger partial charge in [0.2, 0.25) is 0 Å². The van der Waals surface area contributed by atoms with Crippen molar-refractivity contribution in [2.45, 2.75) is 6.92 Å². The van der Waals surface area contributed by atoms with Crippen LogP contribution in [0.1, 0.15) is 15.9 Å². The van der Waals surface area contributed by atoms with Gasteiger partial charge in [-0.2, -0.15) is 0 Å². The van der Waals surface area contributed by atoms with Crippen LogP contribution in [0.15, 0.2) is 36.5 Å². The molecule has 0 aliphatic rings. The molecule has 0 radical (unpaired) electrons. The van der Waals surface area contributed by atoms with Crippen LogP contribution in [0.25, 0.3) is 32.7 Å². The van der Waals surface area contributed by atoms with E-state index in [1.807, 2.05) is 6.07 Å². The lowest BCUT2D eigenvalue weighted by atomic mass is 10.1. The summed E-state index contributed by atoms with van der Waals surface area (Å²) in [6, 6.07) is 10.6. The molecule has 0 fully saturated rings. The van der Waals surface area contributed by atoms with Crippen LogP contribution in [0, 0.1) is 6.92 Å². The van der Waals surface area contributed by atoms with Gasteiger partial charge in [0, 0.05) is 40.5 Å². The molecule has 3 nitrogen and oxygen atoms in total. The van der Waals surface area contributed by atoms with E-state index >= 15 is 0 Å². The second-order valence-corrected chi connectivity index (χ2v) is 5.33. The smallest absolute Gasteiger partial charge is 0.152 e. The predicted octanol–water partition coefficient (Wildman–Crippen LogP) is 3.93. The Kier molecular flexibility index (Phi) is 2.11. The molecule has 0 spiro atoms. The van der Waals surface area contributed by atoms with E-state index in [1.165, 1.54) is 21.9 Å². The zero-order chi connectivity index (χ0) is 13.9. The van der Waals surface area contributed by atoms with E-state index < -0.39 is 0 Å². The Bertz CT molecular complexity index is 989. The van der Waals surface area contributed by atoms with Gasteiger partial charge in [0.1, 0.15) is 0 Å². The maximum Gasteiger partial charge on any atom is 0.152 e. The van der Waals surface area contributed by atoms with Gasteiger partial charge in [-0.05, 0) is 18.6 Å². The van der Waals surface area contributed by atoms with Crippen molar-refractivity contribution in [3.05, 3.63) is 47.7 Å². The molecule has 20 heavy (non-hydrogen) atoms. The monoisotopic (exact) mass is 262 g/mol. The van der Waals surface area contributed by atoms with Crippen molar-refractivity contribution in [1.82, 2.24) is 9.55 Å². The number of nitrogens with one attached hydrogen (secondary N) is 1. The van der Waals surface area contributed by atoms with Gasteiger partial charge in [-0.3, -0.25) is 4.79 Å². The first-order valence-electron chi connectivity index (χ1n) is 6.64. The van der Waals surface area contributed by atoms with Crippen molar-refractivity contribution in [3.63, 3.8) is 0 Å². The summed E-state index contributed by atoms with van der Waals surface area (Å²) in [5.74, 6) is 0. The number of benzene rings is 2. The lowest BCUT2D eigenvalue weighted by Crippen LogP contribution is -1.88. The van der Waals surface area contributed by atoms with Gasteiger partial charge in [0.25, 0.3) is 0 Å². The number of aromatic amines is 1. The third-order valence-electron chi connectivity index (χ3n) is 4.13. The Morgan fingerprint density at radius 1 is 1.10 bits per heavy atom. The lowest BCUT2D eigenvalue weighted by molar-refractivity contribution is 0.112. The quantitative estimate of drug-likeness (QED) is 0.518. The van der Waals surface area contributed by atoms with Crippen LogP contribution in [0.5, 0.6) is 0 Å². The number of aryl methyl sites for hydroxylation is 2. The minimum absolute atomic E-state index is 0.711. The number of carbonyl (C=O) groups excluding carboxylic acids is 1. The largest absolute Gasteiger partial charge is 0.359 e. The molecule has 1 N–H and O–H groups in total. The number of fused-ring (bicyclic) bond motifs is 5. The van der Waals surface area contributed by atoms with Crippen molar-refractivity contribution >= 4 is 39.0 Å². The van der Waals surface area contributed by atoms with Gasteiger partial charge in [-0.25, -0.2) is 0 Å². The van der Waals surface area contributed by atoms with Crippen LogP contribution in [0.4, 0.5) is 0 Å². The maximum absolute atomic E-state index is 11.1. The molecule has 2 aromatic carbocycles. The number of H-pyrrole nitrogens is 1. The topological polar surface area (TPSA) is 37.8 Å². The minimum atomic E-state index is 0.711. The fourth-order valence-electron chi connectivity index (χ4n) is 3.14. The van der Waals surface area contributed by atoms with E-state index in [0.29, 0.717) is 5.56 Å². The number of aromatic nitrogens is 2. The van der Waals surface area contributed by atoms with Gasteiger partial charge in [0.15, 0.2) is 6.29 Å². The summed E-state index contributed by atoms with van der Waals surface area (Å²) in [6.45, 7) is 2.10. The van der Waals surface area contributed by atoms with E-state index in [0.717, 1.165) is 22.7 Å². The van der Waals surface area contributed by atoms with E-state index in [-0.39, 0.29) is 0 Å². The molecule has 0 bridgehead atoms. The average molecular weight is 262 g/mol. The van der Waals surface area contributed by atoms with Gasteiger partial charge in [-0.15, -0.1) is 0 Å². The van der Waals surface area contributed by atoms with Crippen LogP contribution in [-0.2, 0) is 7.05 Å². The molecule has 0 aliphatic carbocycles. The Morgan fingerprint density at radius 2 is 1.85 bits per heavy atom. The van der Waals surface area contributed by atoms with Crippen LogP contribution in [0.3, 0.4) is 0 Å². The molecule has 2 heterocycles. The van der Waals surface area contributed by atoms with Crippen molar-refractivity contribution in [2.75, 3.05) is 0 Å². The standard InChI is InChI=1S/C17H14N2O/c1-10-3-4-13-14-6-5-12-11(9-20)8-18-16(12)17(14)19(2)15(13)7-10/h3-9,18H,1-2H3. The van der Waals surface area contributed by atoms with Crippen LogP contribution in [0.2, 0.25) is 0 Å². The summed E-state index contributed by atoms with van der Waals surface area (Å²) in [4.78, 5) is 14.3. The third-order valence-corrected chi connectivity index (χ3v) is 4.13. The molecular weight excluding hydrogens is 248 g/mol. The van der Waals surface area contributed by atoms with Gasteiger partial charge in [-0.1, -0.05) is 24.3 Å². The number of hydrogen-bond acceptors (Lipinski definition) is 1. The molecule has 4 rings (SSSR count). The number of hydrogen-bond donors (Lipinski definition) is 1. The molecule has 0 saturated carbocycles. The van der Waals surface area contributed by atoms with Gasteiger partial charge >= 0.3 is 0 Å². The van der Waals surface area contributed by atoms with Crippen molar-refractivity contribution < 1.29 is 4.79 Å². The Balaban J connectivity index is 2.30. The van der Waals surface area contributed by atoms with E-state index in [1.54, 1.807) is 6.20 Å². The van der Waals surface area contributed by atoms with E-state index in [2.05, 4.69) is 47.8 Å². The fourth-order valence-corrected chi connectivity index (χ4v) is 3.14. The number of rotatable bonds is 1. The summed E-state index contributed by atoms with van der Waals surface area (Å²) in [7, 11) is 2.07. The minimum Gasteiger partial charge on any atom is -0.359 e. The summed E-state index contributed by atoms with van der Waals surface area (Å²) >= 11 is 0. The average Bonchev–Trinajstić information content (AvgIpc) is 2.99. The van der Waals surface area contributed by atoms with Crippen molar-refractivity contribution in [1.29, 1.82) is 0 Å². The number of carbonyl (C=O) groups is 1. The zero-order valence-corrected chi connectivity index (χ0v) is 11.4. The van der Waals surface area contributed by atoms with Crippen molar-refractivity contribution in [3.8, 4) is 0 Å².